The van der Waals surface area contributed by atoms with Gasteiger partial charge in [0.1, 0.15) is 0 Å². The number of piperidine rings is 1. The van der Waals surface area contributed by atoms with Crippen molar-refractivity contribution in [3.05, 3.63) is 0 Å². The second kappa shape index (κ2) is 9.29. The van der Waals surface area contributed by atoms with Gasteiger partial charge in [0.15, 0.2) is 5.96 Å². The number of nitrogens with zero attached hydrogens (tertiary/aromatic N) is 3. The van der Waals surface area contributed by atoms with Gasteiger partial charge in [-0.15, -0.1) is 0 Å². The lowest BCUT2D eigenvalue weighted by molar-refractivity contribution is 0.190. The van der Waals surface area contributed by atoms with Crippen LogP contribution in [0.25, 0.3) is 0 Å². The highest BCUT2D eigenvalue weighted by molar-refractivity contribution is 5.80. The average molecular weight is 294 g/mol. The molecule has 0 spiro atoms. The van der Waals surface area contributed by atoms with E-state index in [4.69, 9.17) is 4.99 Å². The van der Waals surface area contributed by atoms with E-state index in [-0.39, 0.29) is 0 Å². The molecular formula is C17H34N4. The van der Waals surface area contributed by atoms with E-state index in [1.807, 2.05) is 0 Å². The summed E-state index contributed by atoms with van der Waals surface area (Å²) < 4.78 is 0. The summed E-state index contributed by atoms with van der Waals surface area (Å²) in [4.78, 5) is 9.85. The molecule has 122 valence electrons. The molecule has 2 fully saturated rings. The number of guanidine groups is 1. The zero-order chi connectivity index (χ0) is 14.9. The molecule has 2 rings (SSSR count). The molecule has 0 amide bonds. The van der Waals surface area contributed by atoms with Crippen molar-refractivity contribution in [2.24, 2.45) is 10.9 Å². The quantitative estimate of drug-likeness (QED) is 0.464. The maximum atomic E-state index is 4.80. The maximum absolute atomic E-state index is 4.80. The molecule has 0 atom stereocenters. The fourth-order valence-corrected chi connectivity index (χ4v) is 3.27. The van der Waals surface area contributed by atoms with Gasteiger partial charge >= 0.3 is 0 Å². The van der Waals surface area contributed by atoms with E-state index in [1.54, 1.807) is 0 Å². The second-order valence-corrected chi connectivity index (χ2v) is 6.66. The summed E-state index contributed by atoms with van der Waals surface area (Å²) in [5, 5.41) is 3.44. The highest BCUT2D eigenvalue weighted by Gasteiger charge is 2.16. The first kappa shape index (κ1) is 16.6. The Hall–Kier alpha value is -0.770. The predicted octanol–water partition coefficient (Wildman–Crippen LogP) is 2.56. The van der Waals surface area contributed by atoms with Crippen LogP contribution >= 0.6 is 0 Å². The van der Waals surface area contributed by atoms with Crippen molar-refractivity contribution in [1.82, 2.24) is 15.1 Å². The van der Waals surface area contributed by atoms with E-state index in [0.29, 0.717) is 0 Å². The molecule has 1 N–H and O–H groups in total. The molecule has 0 unspecified atom stereocenters. The van der Waals surface area contributed by atoms with Gasteiger partial charge in [-0.1, -0.05) is 6.92 Å². The first-order valence-corrected chi connectivity index (χ1v) is 9.05. The van der Waals surface area contributed by atoms with Crippen molar-refractivity contribution in [3.63, 3.8) is 0 Å². The number of hydrogen-bond acceptors (Lipinski definition) is 2. The predicted molar refractivity (Wildman–Crippen MR) is 90.9 cm³/mol. The van der Waals surface area contributed by atoms with Crippen LogP contribution in [0, 0.1) is 5.92 Å². The summed E-state index contributed by atoms with van der Waals surface area (Å²) in [6, 6.07) is 0. The zero-order valence-electron chi connectivity index (χ0n) is 14.1. The van der Waals surface area contributed by atoms with E-state index in [1.165, 1.54) is 71.2 Å². The normalized spacial score (nSPS) is 22.0. The number of likely N-dealkylation sites (tertiary alicyclic amines) is 2. The minimum absolute atomic E-state index is 0.939. The third-order valence-corrected chi connectivity index (χ3v) is 4.76. The Morgan fingerprint density at radius 2 is 1.81 bits per heavy atom. The van der Waals surface area contributed by atoms with Gasteiger partial charge < -0.3 is 15.1 Å². The van der Waals surface area contributed by atoms with Crippen LogP contribution < -0.4 is 5.32 Å². The minimum Gasteiger partial charge on any atom is -0.357 e. The van der Waals surface area contributed by atoms with Crippen molar-refractivity contribution in [2.75, 3.05) is 45.8 Å². The van der Waals surface area contributed by atoms with Crippen molar-refractivity contribution in [2.45, 2.75) is 52.4 Å². The van der Waals surface area contributed by atoms with E-state index in [2.05, 4.69) is 29.0 Å². The molecule has 0 aromatic rings. The lowest BCUT2D eigenvalue weighted by Crippen LogP contribution is -2.39. The van der Waals surface area contributed by atoms with E-state index in [9.17, 15) is 0 Å². The molecule has 0 saturated carbocycles. The topological polar surface area (TPSA) is 30.9 Å². The van der Waals surface area contributed by atoms with Gasteiger partial charge in [-0.2, -0.15) is 0 Å². The molecule has 2 aliphatic heterocycles. The van der Waals surface area contributed by atoms with E-state index >= 15 is 0 Å². The highest BCUT2D eigenvalue weighted by Crippen LogP contribution is 2.16. The summed E-state index contributed by atoms with van der Waals surface area (Å²) in [5.41, 5.74) is 0. The fourth-order valence-electron chi connectivity index (χ4n) is 3.27. The Bertz CT molecular complexity index is 302. The Labute approximate surface area is 131 Å². The first-order valence-electron chi connectivity index (χ1n) is 9.05. The molecule has 0 aromatic heterocycles. The molecule has 2 saturated heterocycles. The molecule has 21 heavy (non-hydrogen) atoms. The number of aliphatic imine (C=N–C) groups is 1. The van der Waals surface area contributed by atoms with Crippen molar-refractivity contribution in [3.8, 4) is 0 Å². The monoisotopic (exact) mass is 294 g/mol. The van der Waals surface area contributed by atoms with Crippen LogP contribution in [0.1, 0.15) is 52.4 Å². The third-order valence-electron chi connectivity index (χ3n) is 4.76. The third kappa shape index (κ3) is 5.85. The smallest absolute Gasteiger partial charge is 0.193 e. The first-order chi connectivity index (χ1) is 10.3. The summed E-state index contributed by atoms with van der Waals surface area (Å²) in [6.07, 6.45) is 7.91. The largest absolute Gasteiger partial charge is 0.357 e. The molecule has 0 radical (unpaired) electrons. The molecule has 2 heterocycles. The van der Waals surface area contributed by atoms with Crippen LogP contribution in [-0.2, 0) is 0 Å². The molecule has 0 bridgehead atoms. The molecular weight excluding hydrogens is 260 g/mol. The van der Waals surface area contributed by atoms with Crippen LogP contribution in [0.3, 0.4) is 0 Å². The van der Waals surface area contributed by atoms with Crippen LogP contribution in [0.4, 0.5) is 0 Å². The molecule has 4 heteroatoms. The fraction of sp³-hybridized carbons (Fsp3) is 0.941. The standard InChI is InChI=1S/C17H34N4/c1-3-18-17(21-12-6-7-13-21)19-10-4-5-11-20-14-8-16(2)9-15-20/h16H,3-15H2,1-2H3,(H,18,19). The Morgan fingerprint density at radius 3 is 2.48 bits per heavy atom. The number of nitrogens with one attached hydrogen (secondary N) is 1. The van der Waals surface area contributed by atoms with Gasteiger partial charge in [0, 0.05) is 26.2 Å². The SMILES string of the molecule is CCNC(=NCCCCN1CCC(C)CC1)N1CCCC1. The van der Waals surface area contributed by atoms with Crippen LogP contribution in [0.15, 0.2) is 4.99 Å². The van der Waals surface area contributed by atoms with Crippen LogP contribution in [0.2, 0.25) is 0 Å². The Balaban J connectivity index is 1.61. The highest BCUT2D eigenvalue weighted by atomic mass is 15.3. The zero-order valence-corrected chi connectivity index (χ0v) is 14.1. The molecule has 4 nitrogen and oxygen atoms in total. The van der Waals surface area contributed by atoms with E-state index < -0.39 is 0 Å². The van der Waals surface area contributed by atoms with Gasteiger partial charge in [0.05, 0.1) is 0 Å². The van der Waals surface area contributed by atoms with Gasteiger partial charge in [-0.3, -0.25) is 4.99 Å². The van der Waals surface area contributed by atoms with Gasteiger partial charge in [-0.05, 0) is 71.0 Å². The number of rotatable bonds is 6. The van der Waals surface area contributed by atoms with Crippen molar-refractivity contribution >= 4 is 5.96 Å². The molecule has 2 aliphatic rings. The Kier molecular flexibility index (Phi) is 7.34. The minimum atomic E-state index is 0.939. The summed E-state index contributed by atoms with van der Waals surface area (Å²) in [6.45, 7) is 12.7. The van der Waals surface area contributed by atoms with Crippen LogP contribution in [-0.4, -0.2) is 61.6 Å². The summed E-state index contributed by atoms with van der Waals surface area (Å²) >= 11 is 0. The number of unbranched alkanes of at least 4 members (excludes halogenated alkanes) is 1. The van der Waals surface area contributed by atoms with E-state index in [0.717, 1.165) is 25.0 Å². The number of hydrogen-bond donors (Lipinski definition) is 1. The van der Waals surface area contributed by atoms with Gasteiger partial charge in [0.2, 0.25) is 0 Å². The van der Waals surface area contributed by atoms with Crippen molar-refractivity contribution < 1.29 is 0 Å². The molecule has 0 aliphatic carbocycles. The van der Waals surface area contributed by atoms with Crippen LogP contribution in [0.5, 0.6) is 0 Å². The summed E-state index contributed by atoms with van der Waals surface area (Å²) in [5.74, 6) is 2.08. The van der Waals surface area contributed by atoms with Gasteiger partial charge in [0.25, 0.3) is 0 Å². The lowest BCUT2D eigenvalue weighted by Gasteiger charge is -2.30. The Morgan fingerprint density at radius 1 is 1.10 bits per heavy atom. The summed E-state index contributed by atoms with van der Waals surface area (Å²) in [7, 11) is 0. The van der Waals surface area contributed by atoms with Crippen molar-refractivity contribution in [1.29, 1.82) is 0 Å². The second-order valence-electron chi connectivity index (χ2n) is 6.66. The lowest BCUT2D eigenvalue weighted by atomic mass is 9.99. The maximum Gasteiger partial charge on any atom is 0.193 e. The molecule has 0 aromatic carbocycles. The average Bonchev–Trinajstić information content (AvgIpc) is 3.02. The van der Waals surface area contributed by atoms with Gasteiger partial charge in [-0.25, -0.2) is 0 Å².